The predicted octanol–water partition coefficient (Wildman–Crippen LogP) is 2.37. The first kappa shape index (κ1) is 10.1. The maximum atomic E-state index is 4.05. The van der Waals surface area contributed by atoms with Crippen LogP contribution in [0, 0.1) is 6.92 Å². The van der Waals surface area contributed by atoms with E-state index in [1.165, 1.54) is 0 Å². The summed E-state index contributed by atoms with van der Waals surface area (Å²) in [6.45, 7) is 8.06. The quantitative estimate of drug-likeness (QED) is 0.617. The average molecular weight is 152 g/mol. The minimum Gasteiger partial charge on any atom is -0.242 e. The summed E-state index contributed by atoms with van der Waals surface area (Å²) in [7, 11) is 0. The Labute approximate surface area is 68.7 Å². The molecular formula is C9H16N2. The first-order valence-electron chi connectivity index (χ1n) is 4.10. The van der Waals surface area contributed by atoms with Crippen LogP contribution in [0.3, 0.4) is 0 Å². The average Bonchev–Trinajstić information content (AvgIpc) is 2.08. The zero-order valence-electron chi connectivity index (χ0n) is 7.76. The Morgan fingerprint density at radius 2 is 1.91 bits per heavy atom. The van der Waals surface area contributed by atoms with Crippen LogP contribution in [-0.2, 0) is 6.42 Å². The Balaban J connectivity index is 0.000000461. The van der Waals surface area contributed by atoms with Gasteiger partial charge in [-0.05, 0) is 19.4 Å². The summed E-state index contributed by atoms with van der Waals surface area (Å²) < 4.78 is 0. The Kier molecular flexibility index (Phi) is 5.35. The molecule has 0 unspecified atom stereocenters. The van der Waals surface area contributed by atoms with E-state index in [9.17, 15) is 0 Å². The van der Waals surface area contributed by atoms with Crippen LogP contribution in [0.25, 0.3) is 0 Å². The van der Waals surface area contributed by atoms with Crippen molar-refractivity contribution in [3.8, 4) is 0 Å². The molecule has 0 aromatic carbocycles. The molecule has 11 heavy (non-hydrogen) atoms. The van der Waals surface area contributed by atoms with Gasteiger partial charge in [0.15, 0.2) is 0 Å². The van der Waals surface area contributed by atoms with Crippen molar-refractivity contribution in [1.29, 1.82) is 0 Å². The summed E-state index contributed by atoms with van der Waals surface area (Å²) in [5.74, 6) is 0. The van der Waals surface area contributed by atoms with Gasteiger partial charge in [0.1, 0.15) is 6.33 Å². The van der Waals surface area contributed by atoms with Crippen molar-refractivity contribution < 1.29 is 0 Å². The van der Waals surface area contributed by atoms with Gasteiger partial charge in [0.2, 0.25) is 0 Å². The number of nitrogens with zero attached hydrogens (tertiary/aromatic N) is 2. The molecule has 1 aromatic rings. The molecular weight excluding hydrogens is 136 g/mol. The van der Waals surface area contributed by atoms with Gasteiger partial charge in [-0.2, -0.15) is 0 Å². The lowest BCUT2D eigenvalue weighted by Crippen LogP contribution is -1.89. The molecule has 0 atom stereocenters. The highest BCUT2D eigenvalue weighted by Crippen LogP contribution is 1.95. The van der Waals surface area contributed by atoms with Crippen molar-refractivity contribution >= 4 is 0 Å². The molecule has 0 radical (unpaired) electrons. The van der Waals surface area contributed by atoms with Gasteiger partial charge in [0.05, 0.1) is 0 Å². The van der Waals surface area contributed by atoms with Crippen LogP contribution in [0.15, 0.2) is 12.4 Å². The van der Waals surface area contributed by atoms with Gasteiger partial charge in [-0.15, -0.1) is 0 Å². The highest BCUT2D eigenvalue weighted by molar-refractivity contribution is 5.05. The van der Waals surface area contributed by atoms with Crippen LogP contribution in [0.2, 0.25) is 0 Å². The van der Waals surface area contributed by atoms with Gasteiger partial charge in [0.25, 0.3) is 0 Å². The van der Waals surface area contributed by atoms with E-state index in [-0.39, 0.29) is 0 Å². The lowest BCUT2D eigenvalue weighted by Gasteiger charge is -1.93. The van der Waals surface area contributed by atoms with E-state index >= 15 is 0 Å². The fraction of sp³-hybridized carbons (Fsp3) is 0.556. The topological polar surface area (TPSA) is 25.8 Å². The molecule has 1 heterocycles. The molecule has 62 valence electrons. The molecule has 0 amide bonds. The predicted molar refractivity (Wildman–Crippen MR) is 47.5 cm³/mol. The third-order valence-corrected chi connectivity index (χ3v) is 1.22. The molecule has 0 saturated carbocycles. The van der Waals surface area contributed by atoms with Crippen LogP contribution >= 0.6 is 0 Å². The van der Waals surface area contributed by atoms with Crippen LogP contribution in [0.1, 0.15) is 32.2 Å². The second-order valence-electron chi connectivity index (χ2n) is 2.00. The number of aromatic nitrogens is 2. The molecule has 0 fully saturated rings. The third kappa shape index (κ3) is 3.71. The van der Waals surface area contributed by atoms with E-state index in [1.807, 2.05) is 26.8 Å². The zero-order valence-corrected chi connectivity index (χ0v) is 7.76. The second-order valence-corrected chi connectivity index (χ2v) is 2.00. The number of hydrogen-bond donors (Lipinski definition) is 0. The van der Waals surface area contributed by atoms with E-state index in [0.717, 1.165) is 17.8 Å². The summed E-state index contributed by atoms with van der Waals surface area (Å²) in [5, 5.41) is 0. The van der Waals surface area contributed by atoms with E-state index in [1.54, 1.807) is 6.33 Å². The summed E-state index contributed by atoms with van der Waals surface area (Å²) in [5.41, 5.74) is 2.16. The zero-order chi connectivity index (χ0) is 8.69. The van der Waals surface area contributed by atoms with Crippen LogP contribution in [0.5, 0.6) is 0 Å². The van der Waals surface area contributed by atoms with Crippen molar-refractivity contribution in [3.63, 3.8) is 0 Å². The van der Waals surface area contributed by atoms with E-state index in [4.69, 9.17) is 0 Å². The first-order valence-corrected chi connectivity index (χ1v) is 4.10. The smallest absolute Gasteiger partial charge is 0.115 e. The molecule has 0 aliphatic heterocycles. The monoisotopic (exact) mass is 152 g/mol. The maximum Gasteiger partial charge on any atom is 0.115 e. The van der Waals surface area contributed by atoms with Crippen molar-refractivity contribution in [2.45, 2.75) is 34.1 Å². The summed E-state index contributed by atoms with van der Waals surface area (Å²) in [6.07, 6.45) is 2.59. The Hall–Kier alpha value is -0.920. The Bertz CT molecular complexity index is 197. The van der Waals surface area contributed by atoms with E-state index < -0.39 is 0 Å². The standard InChI is InChI=1S/C7H10N2.C2H6/c1-3-7-4-6(2)8-5-9-7;1-2/h4-5H,3H2,1-2H3;1-2H3. The van der Waals surface area contributed by atoms with Gasteiger partial charge in [-0.25, -0.2) is 9.97 Å². The summed E-state index contributed by atoms with van der Waals surface area (Å²) in [6, 6.07) is 2.00. The fourth-order valence-corrected chi connectivity index (χ4v) is 0.703. The molecule has 2 heteroatoms. The largest absolute Gasteiger partial charge is 0.242 e. The van der Waals surface area contributed by atoms with E-state index in [2.05, 4.69) is 16.9 Å². The number of rotatable bonds is 1. The Morgan fingerprint density at radius 1 is 1.27 bits per heavy atom. The van der Waals surface area contributed by atoms with E-state index in [0.29, 0.717) is 0 Å². The summed E-state index contributed by atoms with van der Waals surface area (Å²) >= 11 is 0. The second kappa shape index (κ2) is 5.83. The number of hydrogen-bond acceptors (Lipinski definition) is 2. The lowest BCUT2D eigenvalue weighted by atomic mass is 10.3. The highest BCUT2D eigenvalue weighted by atomic mass is 14.8. The van der Waals surface area contributed by atoms with Crippen LogP contribution < -0.4 is 0 Å². The van der Waals surface area contributed by atoms with Crippen molar-refractivity contribution in [2.24, 2.45) is 0 Å². The minimum atomic E-state index is 0.989. The SMILES string of the molecule is CC.CCc1cc(C)ncn1. The van der Waals surface area contributed by atoms with Gasteiger partial charge in [-0.1, -0.05) is 20.8 Å². The van der Waals surface area contributed by atoms with Crippen molar-refractivity contribution in [1.82, 2.24) is 9.97 Å². The van der Waals surface area contributed by atoms with Gasteiger partial charge in [0, 0.05) is 11.4 Å². The van der Waals surface area contributed by atoms with Gasteiger partial charge in [-0.3, -0.25) is 0 Å². The van der Waals surface area contributed by atoms with Gasteiger partial charge < -0.3 is 0 Å². The molecule has 1 rings (SSSR count). The van der Waals surface area contributed by atoms with Crippen molar-refractivity contribution in [2.75, 3.05) is 0 Å². The number of aryl methyl sites for hydroxylation is 2. The van der Waals surface area contributed by atoms with Crippen LogP contribution in [-0.4, -0.2) is 9.97 Å². The molecule has 0 saturated heterocycles. The molecule has 0 aliphatic rings. The summed E-state index contributed by atoms with van der Waals surface area (Å²) in [4.78, 5) is 8.02. The lowest BCUT2D eigenvalue weighted by molar-refractivity contribution is 0.975. The molecule has 0 N–H and O–H groups in total. The van der Waals surface area contributed by atoms with Crippen LogP contribution in [0.4, 0.5) is 0 Å². The third-order valence-electron chi connectivity index (χ3n) is 1.22. The Morgan fingerprint density at radius 3 is 2.27 bits per heavy atom. The first-order chi connectivity index (χ1) is 5.33. The molecule has 0 spiro atoms. The highest BCUT2D eigenvalue weighted by Gasteiger charge is 1.88. The molecule has 2 nitrogen and oxygen atoms in total. The molecule has 0 bridgehead atoms. The fourth-order valence-electron chi connectivity index (χ4n) is 0.703. The minimum absolute atomic E-state index is 0.989. The maximum absolute atomic E-state index is 4.05. The van der Waals surface area contributed by atoms with Gasteiger partial charge >= 0.3 is 0 Å². The molecule has 0 aliphatic carbocycles. The molecule has 1 aromatic heterocycles. The normalized spacial score (nSPS) is 8.36. The van der Waals surface area contributed by atoms with Crippen molar-refractivity contribution in [3.05, 3.63) is 23.8 Å².